The standard InChI is InChI=1S/C13H18O5/c1-2-5-17-12(15)8-6-3-4-7-9(8)13(16)18-11(7)10(6)14/h6-11,14H,2-5H2,1H3. The highest BCUT2D eigenvalue weighted by Gasteiger charge is 2.64. The van der Waals surface area contributed by atoms with Crippen LogP contribution in [0.3, 0.4) is 0 Å². The number of hydrogen-bond donors (Lipinski definition) is 1. The molecular weight excluding hydrogens is 236 g/mol. The van der Waals surface area contributed by atoms with E-state index >= 15 is 0 Å². The van der Waals surface area contributed by atoms with Crippen LogP contribution >= 0.6 is 0 Å². The van der Waals surface area contributed by atoms with Gasteiger partial charge in [0, 0.05) is 11.8 Å². The van der Waals surface area contributed by atoms with Gasteiger partial charge in [0.1, 0.15) is 6.10 Å². The molecule has 5 nitrogen and oxygen atoms in total. The Kier molecular flexibility index (Phi) is 2.81. The van der Waals surface area contributed by atoms with Gasteiger partial charge >= 0.3 is 11.9 Å². The lowest BCUT2D eigenvalue weighted by Gasteiger charge is -2.46. The number of ether oxygens (including phenoxy) is 2. The molecule has 1 saturated heterocycles. The van der Waals surface area contributed by atoms with E-state index < -0.39 is 18.1 Å². The van der Waals surface area contributed by atoms with Gasteiger partial charge in [-0.3, -0.25) is 9.59 Å². The molecule has 6 atom stereocenters. The molecule has 4 bridgehead atoms. The monoisotopic (exact) mass is 254 g/mol. The second-order valence-electron chi connectivity index (χ2n) is 5.52. The summed E-state index contributed by atoms with van der Waals surface area (Å²) in [6.07, 6.45) is 1.30. The summed E-state index contributed by atoms with van der Waals surface area (Å²) in [5.74, 6) is -1.74. The molecule has 4 rings (SSSR count). The van der Waals surface area contributed by atoms with Crippen molar-refractivity contribution in [3.05, 3.63) is 0 Å². The van der Waals surface area contributed by atoms with E-state index in [1.165, 1.54) is 0 Å². The van der Waals surface area contributed by atoms with Gasteiger partial charge in [0.05, 0.1) is 24.5 Å². The largest absolute Gasteiger partial charge is 0.465 e. The smallest absolute Gasteiger partial charge is 0.310 e. The number of carbonyl (C=O) groups is 2. The first-order valence-corrected chi connectivity index (χ1v) is 6.70. The van der Waals surface area contributed by atoms with Crippen LogP contribution in [0.15, 0.2) is 0 Å². The fraction of sp³-hybridized carbons (Fsp3) is 0.846. The Bertz CT molecular complexity index is 380. The van der Waals surface area contributed by atoms with Gasteiger partial charge in [0.15, 0.2) is 0 Å². The van der Waals surface area contributed by atoms with Gasteiger partial charge in [-0.15, -0.1) is 0 Å². The van der Waals surface area contributed by atoms with E-state index in [4.69, 9.17) is 9.47 Å². The van der Waals surface area contributed by atoms with Crippen molar-refractivity contribution in [2.75, 3.05) is 6.61 Å². The maximum absolute atomic E-state index is 12.1. The van der Waals surface area contributed by atoms with E-state index in [1.807, 2.05) is 6.92 Å². The molecule has 3 saturated carbocycles. The minimum absolute atomic E-state index is 0.00308. The zero-order chi connectivity index (χ0) is 12.9. The Labute approximate surface area is 105 Å². The van der Waals surface area contributed by atoms with Crippen LogP contribution in [0.2, 0.25) is 0 Å². The van der Waals surface area contributed by atoms with Gasteiger partial charge in [-0.1, -0.05) is 6.92 Å². The number of aliphatic hydroxyl groups is 1. The third kappa shape index (κ3) is 1.49. The highest BCUT2D eigenvalue weighted by Crippen LogP contribution is 2.54. The van der Waals surface area contributed by atoms with Crippen molar-refractivity contribution in [3.8, 4) is 0 Å². The minimum atomic E-state index is -0.703. The molecule has 0 amide bonds. The molecule has 0 spiro atoms. The van der Waals surface area contributed by atoms with E-state index in [1.54, 1.807) is 0 Å². The molecule has 6 unspecified atom stereocenters. The molecule has 1 N–H and O–H groups in total. The normalized spacial score (nSPS) is 44.9. The topological polar surface area (TPSA) is 72.8 Å². The molecule has 4 fully saturated rings. The molecule has 0 aromatic heterocycles. The number of fused-ring (bicyclic) bond motifs is 1. The number of carbonyl (C=O) groups excluding carboxylic acids is 2. The molecule has 5 heteroatoms. The lowest BCUT2D eigenvalue weighted by molar-refractivity contribution is -0.167. The number of rotatable bonds is 3. The summed E-state index contributed by atoms with van der Waals surface area (Å²) in [7, 11) is 0. The quantitative estimate of drug-likeness (QED) is 0.742. The van der Waals surface area contributed by atoms with Crippen LogP contribution in [0.25, 0.3) is 0 Å². The van der Waals surface area contributed by atoms with Gasteiger partial charge in [-0.2, -0.15) is 0 Å². The minimum Gasteiger partial charge on any atom is -0.465 e. The second kappa shape index (κ2) is 4.23. The molecule has 3 aliphatic carbocycles. The molecule has 1 heterocycles. The first-order chi connectivity index (χ1) is 8.65. The Morgan fingerprint density at radius 1 is 1.44 bits per heavy atom. The predicted molar refractivity (Wildman–Crippen MR) is 60.3 cm³/mol. The average Bonchev–Trinajstić information content (AvgIpc) is 2.67. The zero-order valence-corrected chi connectivity index (χ0v) is 10.4. The van der Waals surface area contributed by atoms with Crippen molar-refractivity contribution in [1.82, 2.24) is 0 Å². The van der Waals surface area contributed by atoms with Crippen LogP contribution in [0.1, 0.15) is 26.2 Å². The molecule has 0 radical (unpaired) electrons. The predicted octanol–water partition coefficient (Wildman–Crippen LogP) is 0.498. The number of esters is 2. The molecular formula is C13H18O5. The lowest BCUT2D eigenvalue weighted by atomic mass is 9.57. The third-order valence-electron chi connectivity index (χ3n) is 4.59. The van der Waals surface area contributed by atoms with Crippen LogP contribution in [0, 0.1) is 23.7 Å². The summed E-state index contributed by atoms with van der Waals surface area (Å²) >= 11 is 0. The van der Waals surface area contributed by atoms with E-state index in [0.29, 0.717) is 6.61 Å². The number of hydrogen-bond acceptors (Lipinski definition) is 5. The van der Waals surface area contributed by atoms with Gasteiger partial charge in [-0.05, 0) is 19.3 Å². The van der Waals surface area contributed by atoms with Gasteiger partial charge in [0.25, 0.3) is 0 Å². The molecule has 100 valence electrons. The van der Waals surface area contributed by atoms with Gasteiger partial charge < -0.3 is 14.6 Å². The Balaban J connectivity index is 1.85. The van der Waals surface area contributed by atoms with E-state index in [0.717, 1.165) is 19.3 Å². The number of aliphatic hydroxyl groups excluding tert-OH is 1. The Morgan fingerprint density at radius 2 is 2.17 bits per heavy atom. The maximum Gasteiger partial charge on any atom is 0.310 e. The van der Waals surface area contributed by atoms with Crippen LogP contribution in [-0.2, 0) is 19.1 Å². The van der Waals surface area contributed by atoms with Gasteiger partial charge in [0.2, 0.25) is 0 Å². The molecule has 0 aromatic rings. The summed E-state index contributed by atoms with van der Waals surface area (Å²) in [4.78, 5) is 23.9. The summed E-state index contributed by atoms with van der Waals surface area (Å²) in [5.41, 5.74) is 0. The van der Waals surface area contributed by atoms with E-state index in [9.17, 15) is 14.7 Å². The SMILES string of the molecule is CCCOC(=O)C1C2CCC3C(OC(=O)C31)C2O. The maximum atomic E-state index is 12.1. The van der Waals surface area contributed by atoms with Crippen molar-refractivity contribution < 1.29 is 24.2 Å². The third-order valence-corrected chi connectivity index (χ3v) is 4.59. The van der Waals surface area contributed by atoms with E-state index in [2.05, 4.69) is 0 Å². The van der Waals surface area contributed by atoms with Crippen LogP contribution in [0.4, 0.5) is 0 Å². The summed E-state index contributed by atoms with van der Waals surface area (Å²) in [5, 5.41) is 10.2. The summed E-state index contributed by atoms with van der Waals surface area (Å²) < 4.78 is 10.4. The van der Waals surface area contributed by atoms with Crippen LogP contribution < -0.4 is 0 Å². The van der Waals surface area contributed by atoms with Crippen molar-refractivity contribution in [1.29, 1.82) is 0 Å². The average molecular weight is 254 g/mol. The Morgan fingerprint density at radius 3 is 2.89 bits per heavy atom. The lowest BCUT2D eigenvalue weighted by Crippen LogP contribution is -2.55. The highest BCUT2D eigenvalue weighted by molar-refractivity contribution is 5.85. The van der Waals surface area contributed by atoms with Gasteiger partial charge in [-0.25, -0.2) is 0 Å². The fourth-order valence-corrected chi connectivity index (χ4v) is 3.84. The second-order valence-corrected chi connectivity index (χ2v) is 5.52. The molecule has 18 heavy (non-hydrogen) atoms. The first-order valence-electron chi connectivity index (χ1n) is 6.70. The van der Waals surface area contributed by atoms with Crippen molar-refractivity contribution in [2.45, 2.75) is 38.4 Å². The highest BCUT2D eigenvalue weighted by atomic mass is 16.6. The fourth-order valence-electron chi connectivity index (χ4n) is 3.84. The van der Waals surface area contributed by atoms with Crippen LogP contribution in [0.5, 0.6) is 0 Å². The van der Waals surface area contributed by atoms with Crippen LogP contribution in [-0.4, -0.2) is 35.9 Å². The molecule has 4 aliphatic rings. The van der Waals surface area contributed by atoms with E-state index in [-0.39, 0.29) is 29.7 Å². The Hall–Kier alpha value is -1.10. The molecule has 0 aromatic carbocycles. The molecule has 1 aliphatic heterocycles. The first kappa shape index (κ1) is 12.0. The van der Waals surface area contributed by atoms with Crippen molar-refractivity contribution >= 4 is 11.9 Å². The van der Waals surface area contributed by atoms with Crippen molar-refractivity contribution in [2.24, 2.45) is 23.7 Å². The summed E-state index contributed by atoms with van der Waals surface area (Å²) in [6.45, 7) is 2.29. The zero-order valence-electron chi connectivity index (χ0n) is 10.4. The summed E-state index contributed by atoms with van der Waals surface area (Å²) in [6, 6.07) is 0. The van der Waals surface area contributed by atoms with Crippen molar-refractivity contribution in [3.63, 3.8) is 0 Å².